The van der Waals surface area contributed by atoms with Crippen LogP contribution in [0.15, 0.2) is 11.2 Å². The first-order valence-corrected chi connectivity index (χ1v) is 4.07. The summed E-state index contributed by atoms with van der Waals surface area (Å²) in [6.45, 7) is 4.04. The Hall–Kier alpha value is -1.03. The second-order valence-electron chi connectivity index (χ2n) is 2.34. The van der Waals surface area contributed by atoms with Crippen molar-refractivity contribution in [1.29, 1.82) is 0 Å². The van der Waals surface area contributed by atoms with E-state index in [9.17, 15) is 0 Å². The van der Waals surface area contributed by atoms with Gasteiger partial charge < -0.3 is 11.6 Å². The molecule has 0 spiro atoms. The third-order valence-corrected chi connectivity index (χ3v) is 2.42. The zero-order valence-corrected chi connectivity index (χ0v) is 7.40. The lowest BCUT2D eigenvalue weighted by molar-refractivity contribution is 1.23. The van der Waals surface area contributed by atoms with E-state index in [4.69, 9.17) is 11.6 Å². The van der Waals surface area contributed by atoms with Crippen LogP contribution < -0.4 is 11.6 Å². The number of rotatable bonds is 1. The highest BCUT2D eigenvalue weighted by Crippen LogP contribution is 2.19. The van der Waals surface area contributed by atoms with Gasteiger partial charge in [-0.3, -0.25) is 0 Å². The number of thiophene rings is 1. The van der Waals surface area contributed by atoms with Crippen molar-refractivity contribution in [3.8, 4) is 0 Å². The van der Waals surface area contributed by atoms with Crippen LogP contribution in [0.2, 0.25) is 0 Å². The average Bonchev–Trinajstić information content (AvgIpc) is 2.28. The average molecular weight is 169 g/mol. The summed E-state index contributed by atoms with van der Waals surface area (Å²) in [7, 11) is 0. The molecule has 0 saturated carbocycles. The fourth-order valence-corrected chi connectivity index (χ4v) is 1.89. The van der Waals surface area contributed by atoms with Gasteiger partial charge in [-0.2, -0.15) is 5.10 Å². The monoisotopic (exact) mass is 169 g/mol. The number of hydrogen-bond acceptors (Lipinski definition) is 3. The second kappa shape index (κ2) is 2.92. The Labute approximate surface area is 69.7 Å². The lowest BCUT2D eigenvalue weighted by Crippen LogP contribution is -2.15. The molecule has 0 aromatic carbocycles. The zero-order chi connectivity index (χ0) is 8.43. The number of aryl methyl sites for hydroxylation is 2. The van der Waals surface area contributed by atoms with Crippen LogP contribution in [-0.4, -0.2) is 5.84 Å². The summed E-state index contributed by atoms with van der Waals surface area (Å²) < 4.78 is 0. The van der Waals surface area contributed by atoms with E-state index in [1.165, 1.54) is 4.88 Å². The molecular weight excluding hydrogens is 158 g/mol. The molecule has 1 aromatic heterocycles. The Morgan fingerprint density at radius 1 is 1.55 bits per heavy atom. The molecule has 0 radical (unpaired) electrons. The van der Waals surface area contributed by atoms with Crippen molar-refractivity contribution < 1.29 is 0 Å². The Bertz CT molecular complexity index is 288. The Balaban J connectivity index is 3.13. The van der Waals surface area contributed by atoms with Gasteiger partial charge in [0.15, 0.2) is 5.84 Å². The van der Waals surface area contributed by atoms with E-state index < -0.39 is 0 Å². The van der Waals surface area contributed by atoms with Crippen LogP contribution in [0.25, 0.3) is 0 Å². The van der Waals surface area contributed by atoms with Crippen LogP contribution in [0.3, 0.4) is 0 Å². The minimum absolute atomic E-state index is 0.409. The molecule has 0 bridgehead atoms. The van der Waals surface area contributed by atoms with Crippen LogP contribution in [0.1, 0.15) is 15.3 Å². The van der Waals surface area contributed by atoms with Gasteiger partial charge in [0, 0.05) is 15.3 Å². The molecule has 0 aliphatic carbocycles. The summed E-state index contributed by atoms with van der Waals surface area (Å²) in [5.41, 5.74) is 6.49. The summed E-state index contributed by atoms with van der Waals surface area (Å²) in [6, 6.07) is 1.99. The molecular formula is C7H11N3S. The van der Waals surface area contributed by atoms with Crippen molar-refractivity contribution >= 4 is 17.2 Å². The van der Waals surface area contributed by atoms with E-state index in [0.29, 0.717) is 5.84 Å². The summed E-state index contributed by atoms with van der Waals surface area (Å²) in [6.07, 6.45) is 0. The van der Waals surface area contributed by atoms with Crippen molar-refractivity contribution in [3.63, 3.8) is 0 Å². The van der Waals surface area contributed by atoms with Crippen LogP contribution in [0, 0.1) is 13.8 Å². The van der Waals surface area contributed by atoms with E-state index in [-0.39, 0.29) is 0 Å². The zero-order valence-electron chi connectivity index (χ0n) is 6.59. The third kappa shape index (κ3) is 1.51. The maximum absolute atomic E-state index is 5.54. The maximum Gasteiger partial charge on any atom is 0.151 e. The van der Waals surface area contributed by atoms with Crippen LogP contribution in [0.4, 0.5) is 0 Å². The minimum atomic E-state index is 0.409. The molecule has 0 fully saturated rings. The predicted molar refractivity (Wildman–Crippen MR) is 48.7 cm³/mol. The molecule has 1 aromatic rings. The standard InChI is InChI=1S/C7H11N3S/c1-4-3-6(5(2)11-4)7(8)10-9/h3H,9H2,1-2H3,(H2,8,10). The van der Waals surface area contributed by atoms with E-state index in [1.807, 2.05) is 19.9 Å². The van der Waals surface area contributed by atoms with Crippen molar-refractivity contribution in [2.75, 3.05) is 0 Å². The number of hydrazone groups is 1. The highest BCUT2D eigenvalue weighted by molar-refractivity contribution is 7.12. The number of nitrogens with two attached hydrogens (primary N) is 2. The summed E-state index contributed by atoms with van der Waals surface area (Å²) in [5.74, 6) is 5.46. The molecule has 0 saturated heterocycles. The summed E-state index contributed by atoms with van der Waals surface area (Å²) in [4.78, 5) is 2.39. The Morgan fingerprint density at radius 3 is 2.55 bits per heavy atom. The van der Waals surface area contributed by atoms with Crippen molar-refractivity contribution in [2.45, 2.75) is 13.8 Å². The van der Waals surface area contributed by atoms with Gasteiger partial charge >= 0.3 is 0 Å². The smallest absolute Gasteiger partial charge is 0.151 e. The van der Waals surface area contributed by atoms with Crippen LogP contribution in [-0.2, 0) is 0 Å². The fraction of sp³-hybridized carbons (Fsp3) is 0.286. The Morgan fingerprint density at radius 2 is 2.18 bits per heavy atom. The molecule has 0 unspecified atom stereocenters. The third-order valence-electron chi connectivity index (χ3n) is 1.46. The van der Waals surface area contributed by atoms with Gasteiger partial charge in [-0.15, -0.1) is 11.3 Å². The van der Waals surface area contributed by atoms with Gasteiger partial charge in [0.2, 0.25) is 0 Å². The normalized spacial score (nSPS) is 12.0. The molecule has 0 aliphatic rings. The van der Waals surface area contributed by atoms with E-state index >= 15 is 0 Å². The van der Waals surface area contributed by atoms with Gasteiger partial charge in [-0.1, -0.05) is 0 Å². The van der Waals surface area contributed by atoms with Crippen molar-refractivity contribution in [3.05, 3.63) is 21.4 Å². The van der Waals surface area contributed by atoms with Crippen LogP contribution in [0.5, 0.6) is 0 Å². The first-order chi connectivity index (χ1) is 5.15. The first kappa shape index (κ1) is 8.07. The fourth-order valence-electron chi connectivity index (χ4n) is 0.955. The molecule has 0 atom stereocenters. The van der Waals surface area contributed by atoms with E-state index in [0.717, 1.165) is 10.4 Å². The highest BCUT2D eigenvalue weighted by atomic mass is 32.1. The van der Waals surface area contributed by atoms with E-state index in [1.54, 1.807) is 11.3 Å². The number of nitrogens with zero attached hydrogens (tertiary/aromatic N) is 1. The largest absolute Gasteiger partial charge is 0.382 e. The summed E-state index contributed by atoms with van der Waals surface area (Å²) >= 11 is 1.70. The molecule has 1 rings (SSSR count). The highest BCUT2D eigenvalue weighted by Gasteiger charge is 2.05. The number of amidine groups is 1. The molecule has 0 amide bonds. The Kier molecular flexibility index (Phi) is 2.14. The first-order valence-electron chi connectivity index (χ1n) is 3.26. The van der Waals surface area contributed by atoms with Crippen LogP contribution >= 0.6 is 11.3 Å². The number of hydrogen-bond donors (Lipinski definition) is 2. The van der Waals surface area contributed by atoms with E-state index in [2.05, 4.69) is 5.10 Å². The molecule has 3 nitrogen and oxygen atoms in total. The quantitative estimate of drug-likeness (QED) is 0.284. The molecule has 4 N–H and O–H groups in total. The topological polar surface area (TPSA) is 64.4 Å². The van der Waals surface area contributed by atoms with Crippen molar-refractivity contribution in [2.24, 2.45) is 16.7 Å². The SMILES string of the molecule is Cc1cc(/C(N)=N/N)c(C)s1. The molecule has 11 heavy (non-hydrogen) atoms. The maximum atomic E-state index is 5.54. The van der Waals surface area contributed by atoms with Gasteiger partial charge in [0.25, 0.3) is 0 Å². The molecule has 0 aliphatic heterocycles. The predicted octanol–water partition coefficient (Wildman–Crippen LogP) is 0.944. The second-order valence-corrected chi connectivity index (χ2v) is 3.80. The molecule has 4 heteroatoms. The van der Waals surface area contributed by atoms with Gasteiger partial charge in [-0.25, -0.2) is 0 Å². The van der Waals surface area contributed by atoms with Gasteiger partial charge in [0.1, 0.15) is 0 Å². The molecule has 60 valence electrons. The minimum Gasteiger partial charge on any atom is -0.382 e. The molecule has 1 heterocycles. The lowest BCUT2D eigenvalue weighted by Gasteiger charge is -1.94. The van der Waals surface area contributed by atoms with Gasteiger partial charge in [0.05, 0.1) is 0 Å². The van der Waals surface area contributed by atoms with Crippen molar-refractivity contribution in [1.82, 2.24) is 0 Å². The van der Waals surface area contributed by atoms with Gasteiger partial charge in [-0.05, 0) is 19.9 Å². The summed E-state index contributed by atoms with van der Waals surface area (Å²) in [5, 5.41) is 3.43. The lowest BCUT2D eigenvalue weighted by atomic mass is 10.2.